The first-order valence-electron chi connectivity index (χ1n) is 8.22. The minimum Gasteiger partial charge on any atom is -0.492 e. The Morgan fingerprint density at radius 2 is 2.04 bits per heavy atom. The van der Waals surface area contributed by atoms with Gasteiger partial charge in [-0.2, -0.15) is 0 Å². The Morgan fingerprint density at radius 3 is 2.80 bits per heavy atom. The molecule has 0 unspecified atom stereocenters. The van der Waals surface area contributed by atoms with Gasteiger partial charge in [-0.15, -0.1) is 0 Å². The van der Waals surface area contributed by atoms with Crippen molar-refractivity contribution in [3.8, 4) is 11.5 Å². The summed E-state index contributed by atoms with van der Waals surface area (Å²) >= 11 is 0. The standard InChI is InChI=1S/C19H20N2O4/c1-2-18(22)20-14-8-9-16-17(12-14)25-13-19(23)21(16)10-11-24-15-6-4-3-5-7-15/h3-9,12H,2,10-11,13H2,1H3,(H,20,22). The fraction of sp³-hybridized carbons (Fsp3) is 0.263. The van der Waals surface area contributed by atoms with Crippen molar-refractivity contribution in [1.29, 1.82) is 0 Å². The molecule has 0 fully saturated rings. The van der Waals surface area contributed by atoms with Crippen molar-refractivity contribution >= 4 is 23.2 Å². The lowest BCUT2D eigenvalue weighted by Crippen LogP contribution is -2.41. The van der Waals surface area contributed by atoms with Gasteiger partial charge in [-0.1, -0.05) is 25.1 Å². The summed E-state index contributed by atoms with van der Waals surface area (Å²) in [5.41, 5.74) is 1.34. The van der Waals surface area contributed by atoms with E-state index in [1.807, 2.05) is 30.3 Å². The number of para-hydroxylation sites is 1. The number of anilines is 2. The van der Waals surface area contributed by atoms with Crippen LogP contribution in [-0.2, 0) is 9.59 Å². The van der Waals surface area contributed by atoms with E-state index in [1.165, 1.54) is 0 Å². The van der Waals surface area contributed by atoms with Gasteiger partial charge in [0.15, 0.2) is 6.61 Å². The van der Waals surface area contributed by atoms with Crippen LogP contribution in [0.25, 0.3) is 0 Å². The second-order valence-electron chi connectivity index (χ2n) is 5.58. The van der Waals surface area contributed by atoms with E-state index in [-0.39, 0.29) is 18.4 Å². The molecule has 2 aromatic carbocycles. The number of fused-ring (bicyclic) bond motifs is 1. The number of ether oxygens (including phenoxy) is 2. The maximum atomic E-state index is 12.2. The van der Waals surface area contributed by atoms with Crippen molar-refractivity contribution in [2.45, 2.75) is 13.3 Å². The third-order valence-corrected chi connectivity index (χ3v) is 3.83. The SMILES string of the molecule is CCC(=O)Nc1ccc2c(c1)OCC(=O)N2CCOc1ccccc1. The maximum Gasteiger partial charge on any atom is 0.265 e. The number of carbonyl (C=O) groups excluding carboxylic acids is 2. The van der Waals surface area contributed by atoms with E-state index in [0.717, 1.165) is 5.75 Å². The quantitative estimate of drug-likeness (QED) is 0.878. The first-order chi connectivity index (χ1) is 12.2. The molecule has 0 aliphatic carbocycles. The molecule has 1 aliphatic rings. The summed E-state index contributed by atoms with van der Waals surface area (Å²) in [5, 5.41) is 2.79. The number of carbonyl (C=O) groups is 2. The van der Waals surface area contributed by atoms with Crippen molar-refractivity contribution in [2.75, 3.05) is 30.0 Å². The molecule has 0 atom stereocenters. The highest BCUT2D eigenvalue weighted by molar-refractivity contribution is 5.99. The molecule has 2 amide bonds. The summed E-state index contributed by atoms with van der Waals surface area (Å²) in [6.45, 7) is 2.56. The Labute approximate surface area is 146 Å². The monoisotopic (exact) mass is 340 g/mol. The number of rotatable bonds is 6. The third-order valence-electron chi connectivity index (χ3n) is 3.83. The number of nitrogens with one attached hydrogen (secondary N) is 1. The highest BCUT2D eigenvalue weighted by Crippen LogP contribution is 2.34. The summed E-state index contributed by atoms with van der Waals surface area (Å²) < 4.78 is 11.2. The molecule has 0 radical (unpaired) electrons. The predicted octanol–water partition coefficient (Wildman–Crippen LogP) is 2.84. The number of hydrogen-bond acceptors (Lipinski definition) is 4. The molecule has 1 N–H and O–H groups in total. The van der Waals surface area contributed by atoms with E-state index in [0.29, 0.717) is 36.7 Å². The van der Waals surface area contributed by atoms with E-state index in [2.05, 4.69) is 5.32 Å². The van der Waals surface area contributed by atoms with Crippen molar-refractivity contribution in [1.82, 2.24) is 0 Å². The molecule has 6 nitrogen and oxygen atoms in total. The van der Waals surface area contributed by atoms with Crippen LogP contribution in [0.3, 0.4) is 0 Å². The van der Waals surface area contributed by atoms with Crippen LogP contribution in [0.2, 0.25) is 0 Å². The zero-order chi connectivity index (χ0) is 17.6. The molecule has 1 heterocycles. The lowest BCUT2D eigenvalue weighted by atomic mass is 10.2. The summed E-state index contributed by atoms with van der Waals surface area (Å²) in [7, 11) is 0. The number of nitrogens with zero attached hydrogens (tertiary/aromatic N) is 1. The second kappa shape index (κ2) is 7.70. The largest absolute Gasteiger partial charge is 0.492 e. The first-order valence-corrected chi connectivity index (χ1v) is 8.22. The number of hydrogen-bond donors (Lipinski definition) is 1. The average Bonchev–Trinajstić information content (AvgIpc) is 2.64. The van der Waals surface area contributed by atoms with Crippen LogP contribution in [0.15, 0.2) is 48.5 Å². The topological polar surface area (TPSA) is 67.9 Å². The van der Waals surface area contributed by atoms with Crippen LogP contribution in [0.1, 0.15) is 13.3 Å². The number of amides is 2. The Kier molecular flexibility index (Phi) is 5.18. The van der Waals surface area contributed by atoms with Gasteiger partial charge in [0, 0.05) is 18.2 Å². The second-order valence-corrected chi connectivity index (χ2v) is 5.58. The van der Waals surface area contributed by atoms with Gasteiger partial charge in [-0.05, 0) is 24.3 Å². The molecule has 25 heavy (non-hydrogen) atoms. The van der Waals surface area contributed by atoms with Crippen LogP contribution in [-0.4, -0.2) is 31.6 Å². The molecule has 0 bridgehead atoms. The predicted molar refractivity (Wildman–Crippen MR) is 95.1 cm³/mol. The molecule has 1 aliphatic heterocycles. The van der Waals surface area contributed by atoms with Gasteiger partial charge in [-0.3, -0.25) is 9.59 Å². The smallest absolute Gasteiger partial charge is 0.265 e. The fourth-order valence-electron chi connectivity index (χ4n) is 2.55. The Bertz CT molecular complexity index is 761. The minimum absolute atomic E-state index is 0.0243. The molecule has 0 saturated heterocycles. The van der Waals surface area contributed by atoms with E-state index >= 15 is 0 Å². The molecular weight excluding hydrogens is 320 g/mol. The molecule has 130 valence electrons. The molecule has 3 rings (SSSR count). The van der Waals surface area contributed by atoms with Crippen molar-refractivity contribution in [3.05, 3.63) is 48.5 Å². The minimum atomic E-state index is -0.116. The summed E-state index contributed by atoms with van der Waals surface area (Å²) in [4.78, 5) is 25.3. The molecule has 2 aromatic rings. The van der Waals surface area contributed by atoms with E-state index in [4.69, 9.17) is 9.47 Å². The van der Waals surface area contributed by atoms with Crippen LogP contribution >= 0.6 is 0 Å². The Hall–Kier alpha value is -3.02. The third kappa shape index (κ3) is 4.09. The normalized spacial score (nSPS) is 13.0. The molecule has 0 aromatic heterocycles. The van der Waals surface area contributed by atoms with Crippen molar-refractivity contribution in [2.24, 2.45) is 0 Å². The zero-order valence-corrected chi connectivity index (χ0v) is 14.0. The van der Waals surface area contributed by atoms with Crippen LogP contribution in [0.4, 0.5) is 11.4 Å². The van der Waals surface area contributed by atoms with Gasteiger partial charge in [0.2, 0.25) is 5.91 Å². The van der Waals surface area contributed by atoms with Gasteiger partial charge in [0.05, 0.1) is 12.2 Å². The van der Waals surface area contributed by atoms with Gasteiger partial charge in [0.25, 0.3) is 5.91 Å². The molecule has 6 heteroatoms. The maximum absolute atomic E-state index is 12.2. The Morgan fingerprint density at radius 1 is 1.24 bits per heavy atom. The first kappa shape index (κ1) is 16.8. The van der Waals surface area contributed by atoms with Crippen molar-refractivity contribution < 1.29 is 19.1 Å². The van der Waals surface area contributed by atoms with Gasteiger partial charge >= 0.3 is 0 Å². The Balaban J connectivity index is 1.69. The van der Waals surface area contributed by atoms with Crippen molar-refractivity contribution in [3.63, 3.8) is 0 Å². The number of benzene rings is 2. The average molecular weight is 340 g/mol. The fourth-order valence-corrected chi connectivity index (χ4v) is 2.55. The lowest BCUT2D eigenvalue weighted by Gasteiger charge is -2.29. The molecule has 0 saturated carbocycles. The summed E-state index contributed by atoms with van der Waals surface area (Å²) in [6, 6.07) is 14.7. The van der Waals surface area contributed by atoms with E-state index < -0.39 is 0 Å². The van der Waals surface area contributed by atoms with Crippen LogP contribution in [0, 0.1) is 0 Å². The van der Waals surface area contributed by atoms with Gasteiger partial charge in [0.1, 0.15) is 18.1 Å². The van der Waals surface area contributed by atoms with Gasteiger partial charge in [-0.25, -0.2) is 0 Å². The highest BCUT2D eigenvalue weighted by Gasteiger charge is 2.25. The van der Waals surface area contributed by atoms with Gasteiger partial charge < -0.3 is 19.7 Å². The summed E-state index contributed by atoms with van der Waals surface area (Å²) in [5.74, 6) is 1.16. The van der Waals surface area contributed by atoms with E-state index in [9.17, 15) is 9.59 Å². The van der Waals surface area contributed by atoms with Crippen LogP contribution < -0.4 is 19.7 Å². The highest BCUT2D eigenvalue weighted by atomic mass is 16.5. The summed E-state index contributed by atoms with van der Waals surface area (Å²) in [6.07, 6.45) is 0.402. The van der Waals surface area contributed by atoms with Crippen LogP contribution in [0.5, 0.6) is 11.5 Å². The zero-order valence-electron chi connectivity index (χ0n) is 14.0. The van der Waals surface area contributed by atoms with E-state index in [1.54, 1.807) is 30.0 Å². The molecule has 0 spiro atoms. The lowest BCUT2D eigenvalue weighted by molar-refractivity contribution is -0.121. The molecular formula is C19H20N2O4.